The minimum atomic E-state index is -0.291. The Balaban J connectivity index is 2.09. The first-order valence-electron chi connectivity index (χ1n) is 7.62. The molecule has 2 aromatic rings. The molecule has 5 nitrogen and oxygen atoms in total. The van der Waals surface area contributed by atoms with Crippen molar-refractivity contribution in [2.45, 2.75) is 44.6 Å². The summed E-state index contributed by atoms with van der Waals surface area (Å²) >= 11 is 1.31. The van der Waals surface area contributed by atoms with Gasteiger partial charge in [-0.1, -0.05) is 23.9 Å². The van der Waals surface area contributed by atoms with E-state index in [0.717, 1.165) is 5.56 Å². The number of hydrogen-bond donors (Lipinski definition) is 2. The van der Waals surface area contributed by atoms with E-state index >= 15 is 0 Å². The van der Waals surface area contributed by atoms with E-state index in [4.69, 9.17) is 0 Å². The minimum Gasteiger partial charge on any atom is -0.390 e. The van der Waals surface area contributed by atoms with Crippen LogP contribution in [-0.2, 0) is 17.9 Å². The summed E-state index contributed by atoms with van der Waals surface area (Å²) in [6.45, 7) is 6.08. The topological polar surface area (TPSA) is 67.2 Å². The smallest absolute Gasteiger partial charge is 0.230 e. The summed E-state index contributed by atoms with van der Waals surface area (Å²) in [5, 5.41) is 13.0. The summed E-state index contributed by atoms with van der Waals surface area (Å²) in [5.41, 5.74) is 1.26. The van der Waals surface area contributed by atoms with Gasteiger partial charge in [-0.25, -0.2) is 9.37 Å². The predicted octanol–water partition coefficient (Wildman–Crippen LogP) is 2.57. The third kappa shape index (κ3) is 5.35. The lowest BCUT2D eigenvalue weighted by atomic mass is 10.1. The number of amides is 1. The molecule has 0 atom stereocenters. The highest BCUT2D eigenvalue weighted by molar-refractivity contribution is 7.99. The van der Waals surface area contributed by atoms with Gasteiger partial charge in [0.25, 0.3) is 0 Å². The molecule has 0 unspecified atom stereocenters. The van der Waals surface area contributed by atoms with Gasteiger partial charge in [-0.15, -0.1) is 0 Å². The third-order valence-electron chi connectivity index (χ3n) is 3.16. The Labute approximate surface area is 145 Å². The van der Waals surface area contributed by atoms with E-state index in [9.17, 15) is 14.3 Å². The number of hydrogen-bond acceptors (Lipinski definition) is 4. The van der Waals surface area contributed by atoms with Crippen molar-refractivity contribution in [3.8, 4) is 0 Å². The fourth-order valence-electron chi connectivity index (χ4n) is 2.16. The van der Waals surface area contributed by atoms with Gasteiger partial charge in [0.1, 0.15) is 5.82 Å². The summed E-state index contributed by atoms with van der Waals surface area (Å²) in [7, 11) is 0. The molecule has 2 rings (SSSR count). The summed E-state index contributed by atoms with van der Waals surface area (Å²) in [6.07, 6.45) is 1.59. The highest BCUT2D eigenvalue weighted by Crippen LogP contribution is 2.20. The van der Waals surface area contributed by atoms with Crippen LogP contribution in [0, 0.1) is 5.82 Å². The standard InChI is InChI=1S/C17H22FN3O2S/c1-17(2,3)20-15(23)11-24-16-19-8-14(10-22)21(16)9-12-4-6-13(18)7-5-12/h4-8,22H,9-11H2,1-3H3,(H,20,23). The van der Waals surface area contributed by atoms with Crippen molar-refractivity contribution in [1.29, 1.82) is 0 Å². The molecule has 0 bridgehead atoms. The molecule has 7 heteroatoms. The maximum atomic E-state index is 13.0. The quantitative estimate of drug-likeness (QED) is 0.785. The Morgan fingerprint density at radius 1 is 1.33 bits per heavy atom. The van der Waals surface area contributed by atoms with Crippen LogP contribution in [0.4, 0.5) is 4.39 Å². The number of aliphatic hydroxyl groups is 1. The average molecular weight is 351 g/mol. The van der Waals surface area contributed by atoms with E-state index < -0.39 is 0 Å². The zero-order valence-electron chi connectivity index (χ0n) is 14.0. The van der Waals surface area contributed by atoms with E-state index in [1.165, 1.54) is 23.9 Å². The number of carbonyl (C=O) groups is 1. The predicted molar refractivity (Wildman–Crippen MR) is 92.3 cm³/mol. The molecule has 1 heterocycles. The Bertz CT molecular complexity index is 693. The molecule has 0 radical (unpaired) electrons. The van der Waals surface area contributed by atoms with Crippen molar-refractivity contribution < 1.29 is 14.3 Å². The average Bonchev–Trinajstić information content (AvgIpc) is 2.88. The summed E-state index contributed by atoms with van der Waals surface area (Å²) < 4.78 is 14.9. The number of thioether (sulfide) groups is 1. The first kappa shape index (κ1) is 18.5. The summed E-state index contributed by atoms with van der Waals surface area (Å²) in [6, 6.07) is 6.18. The summed E-state index contributed by atoms with van der Waals surface area (Å²) in [5.74, 6) is -0.127. The highest BCUT2D eigenvalue weighted by Gasteiger charge is 2.16. The van der Waals surface area contributed by atoms with Crippen LogP contribution in [0.5, 0.6) is 0 Å². The second-order valence-corrected chi connectivity index (χ2v) is 7.43. The maximum Gasteiger partial charge on any atom is 0.230 e. The molecule has 2 N–H and O–H groups in total. The molecule has 24 heavy (non-hydrogen) atoms. The van der Waals surface area contributed by atoms with Crippen molar-refractivity contribution in [3.63, 3.8) is 0 Å². The molecule has 0 fully saturated rings. The van der Waals surface area contributed by atoms with E-state index in [0.29, 0.717) is 17.4 Å². The Kier molecular flexibility index (Phi) is 6.01. The molecule has 0 aliphatic carbocycles. The molecule has 0 saturated carbocycles. The first-order valence-corrected chi connectivity index (χ1v) is 8.60. The molecule has 0 aliphatic heterocycles. The fraction of sp³-hybridized carbons (Fsp3) is 0.412. The number of imidazole rings is 1. The van der Waals surface area contributed by atoms with Crippen molar-refractivity contribution in [1.82, 2.24) is 14.9 Å². The van der Waals surface area contributed by atoms with Crippen LogP contribution < -0.4 is 5.32 Å². The lowest BCUT2D eigenvalue weighted by molar-refractivity contribution is -0.119. The van der Waals surface area contributed by atoms with Crippen LogP contribution in [0.15, 0.2) is 35.6 Å². The number of benzene rings is 1. The molecule has 0 saturated heterocycles. The number of aromatic nitrogens is 2. The van der Waals surface area contributed by atoms with E-state index in [1.54, 1.807) is 18.3 Å². The van der Waals surface area contributed by atoms with Crippen molar-refractivity contribution in [2.24, 2.45) is 0 Å². The van der Waals surface area contributed by atoms with Gasteiger partial charge in [0.15, 0.2) is 5.16 Å². The monoisotopic (exact) mass is 351 g/mol. The highest BCUT2D eigenvalue weighted by atomic mass is 32.2. The number of nitrogens with zero attached hydrogens (tertiary/aromatic N) is 2. The normalized spacial score (nSPS) is 11.5. The summed E-state index contributed by atoms with van der Waals surface area (Å²) in [4.78, 5) is 16.2. The van der Waals surface area contributed by atoms with Gasteiger partial charge in [-0.2, -0.15) is 0 Å². The minimum absolute atomic E-state index is 0.0746. The van der Waals surface area contributed by atoms with Gasteiger partial charge >= 0.3 is 0 Å². The van der Waals surface area contributed by atoms with E-state index in [2.05, 4.69) is 10.3 Å². The number of rotatable bonds is 6. The van der Waals surface area contributed by atoms with E-state index in [1.807, 2.05) is 25.3 Å². The van der Waals surface area contributed by atoms with Crippen LogP contribution in [0.1, 0.15) is 32.0 Å². The van der Waals surface area contributed by atoms with Crippen LogP contribution in [-0.4, -0.2) is 31.9 Å². The molecule has 1 aromatic heterocycles. The number of aliphatic hydroxyl groups excluding tert-OH is 1. The van der Waals surface area contributed by atoms with Gasteiger partial charge in [0, 0.05) is 12.1 Å². The molecule has 1 aromatic carbocycles. The van der Waals surface area contributed by atoms with Gasteiger partial charge in [-0.3, -0.25) is 4.79 Å². The molecule has 1 amide bonds. The van der Waals surface area contributed by atoms with Crippen LogP contribution in [0.2, 0.25) is 0 Å². The van der Waals surface area contributed by atoms with Gasteiger partial charge in [0.05, 0.1) is 24.3 Å². The zero-order chi connectivity index (χ0) is 17.7. The van der Waals surface area contributed by atoms with Gasteiger partial charge < -0.3 is 15.0 Å². The lowest BCUT2D eigenvalue weighted by Gasteiger charge is -2.20. The number of carbonyl (C=O) groups excluding carboxylic acids is 1. The first-order chi connectivity index (χ1) is 11.3. The fourth-order valence-corrected chi connectivity index (χ4v) is 2.96. The number of halogens is 1. The Hall–Kier alpha value is -1.86. The number of nitrogens with one attached hydrogen (secondary N) is 1. The largest absolute Gasteiger partial charge is 0.390 e. The molecule has 130 valence electrons. The van der Waals surface area contributed by atoms with Gasteiger partial charge in [-0.05, 0) is 38.5 Å². The van der Waals surface area contributed by atoms with Crippen LogP contribution >= 0.6 is 11.8 Å². The zero-order valence-corrected chi connectivity index (χ0v) is 14.9. The SMILES string of the molecule is CC(C)(C)NC(=O)CSc1ncc(CO)n1Cc1ccc(F)cc1. The Morgan fingerprint density at radius 3 is 2.58 bits per heavy atom. The van der Waals surface area contributed by atoms with Crippen molar-refractivity contribution in [2.75, 3.05) is 5.75 Å². The molecular weight excluding hydrogens is 329 g/mol. The molecule has 0 spiro atoms. The van der Waals surface area contributed by atoms with Crippen LogP contribution in [0.3, 0.4) is 0 Å². The van der Waals surface area contributed by atoms with Gasteiger partial charge in [0.2, 0.25) is 5.91 Å². The van der Waals surface area contributed by atoms with Crippen molar-refractivity contribution in [3.05, 3.63) is 47.5 Å². The Morgan fingerprint density at radius 2 is 2.00 bits per heavy atom. The molecule has 0 aliphatic rings. The van der Waals surface area contributed by atoms with Crippen LogP contribution in [0.25, 0.3) is 0 Å². The van der Waals surface area contributed by atoms with E-state index in [-0.39, 0.29) is 29.6 Å². The van der Waals surface area contributed by atoms with Crippen molar-refractivity contribution >= 4 is 17.7 Å². The maximum absolute atomic E-state index is 13.0. The third-order valence-corrected chi connectivity index (χ3v) is 4.15. The second-order valence-electron chi connectivity index (χ2n) is 6.49. The second kappa shape index (κ2) is 7.81. The lowest BCUT2D eigenvalue weighted by Crippen LogP contribution is -2.41. The molecular formula is C17H22FN3O2S.